The first kappa shape index (κ1) is 21.8. The summed E-state index contributed by atoms with van der Waals surface area (Å²) in [6.07, 6.45) is 1.76. The van der Waals surface area contributed by atoms with Crippen LogP contribution in [0.15, 0.2) is 42.5 Å². The van der Waals surface area contributed by atoms with E-state index in [4.69, 9.17) is 0 Å². The zero-order chi connectivity index (χ0) is 18.9. The predicted molar refractivity (Wildman–Crippen MR) is 115 cm³/mol. The SMILES string of the molecule is Cc1ccc(N2c3ccccc3N(CCCCN(C)C)S2(O)O)c(F)c1.Cl. The van der Waals surface area contributed by atoms with E-state index >= 15 is 0 Å². The molecule has 1 aliphatic heterocycles. The average molecular weight is 416 g/mol. The minimum absolute atomic E-state index is 0. The molecule has 0 fully saturated rings. The predicted octanol–water partition coefficient (Wildman–Crippen LogP) is 5.44. The van der Waals surface area contributed by atoms with Crippen LogP contribution in [0.1, 0.15) is 18.4 Å². The third kappa shape index (κ3) is 4.33. The van der Waals surface area contributed by atoms with Gasteiger partial charge in [0.25, 0.3) is 0 Å². The Labute approximate surface area is 168 Å². The number of benzene rings is 2. The molecule has 0 unspecified atom stereocenters. The summed E-state index contributed by atoms with van der Waals surface area (Å²) in [6.45, 7) is 3.24. The zero-order valence-corrected chi connectivity index (χ0v) is 17.4. The molecule has 2 N–H and O–H groups in total. The summed E-state index contributed by atoms with van der Waals surface area (Å²) in [5, 5.41) is 0. The smallest absolute Gasteiger partial charge is 0.148 e. The molecule has 0 atom stereocenters. The molecule has 0 spiro atoms. The van der Waals surface area contributed by atoms with Gasteiger partial charge in [0.15, 0.2) is 0 Å². The topological polar surface area (TPSA) is 50.2 Å². The van der Waals surface area contributed by atoms with Crippen LogP contribution in [0, 0.1) is 12.7 Å². The van der Waals surface area contributed by atoms with Gasteiger partial charge in [-0.15, -0.1) is 12.4 Å². The molecule has 0 bridgehead atoms. The molecule has 2 aromatic carbocycles. The number of fused-ring (bicyclic) bond motifs is 1. The van der Waals surface area contributed by atoms with Crippen LogP contribution < -0.4 is 8.61 Å². The first-order chi connectivity index (χ1) is 12.3. The van der Waals surface area contributed by atoms with Crippen LogP contribution in [0.3, 0.4) is 0 Å². The second-order valence-corrected chi connectivity index (χ2v) is 8.63. The lowest BCUT2D eigenvalue weighted by atomic mass is 10.2. The van der Waals surface area contributed by atoms with Crippen LogP contribution in [0.2, 0.25) is 0 Å². The normalized spacial score (nSPS) is 16.3. The third-order valence-electron chi connectivity index (χ3n) is 4.45. The number of hydrogen-bond acceptors (Lipinski definition) is 5. The molecule has 3 rings (SSSR count). The van der Waals surface area contributed by atoms with Gasteiger partial charge in [0, 0.05) is 6.54 Å². The van der Waals surface area contributed by atoms with Crippen LogP contribution in [0.25, 0.3) is 0 Å². The van der Waals surface area contributed by atoms with E-state index in [2.05, 4.69) is 4.90 Å². The Hall–Kier alpha value is -1.51. The molecule has 0 aromatic heterocycles. The summed E-state index contributed by atoms with van der Waals surface area (Å²) in [5.74, 6) is -0.464. The number of nitrogens with zero attached hydrogens (tertiary/aromatic N) is 3. The van der Waals surface area contributed by atoms with Crippen molar-refractivity contribution in [2.24, 2.45) is 0 Å². The largest absolute Gasteiger partial charge is 0.309 e. The molecule has 0 radical (unpaired) electrons. The molecule has 27 heavy (non-hydrogen) atoms. The monoisotopic (exact) mass is 415 g/mol. The second-order valence-electron chi connectivity index (χ2n) is 6.84. The Morgan fingerprint density at radius 1 is 1.00 bits per heavy atom. The molecule has 150 valence electrons. The van der Waals surface area contributed by atoms with E-state index in [-0.39, 0.29) is 18.1 Å². The molecule has 0 amide bonds. The van der Waals surface area contributed by atoms with Gasteiger partial charge in [0.05, 0.1) is 11.4 Å². The Morgan fingerprint density at radius 2 is 1.67 bits per heavy atom. The quantitative estimate of drug-likeness (QED) is 0.615. The second kappa shape index (κ2) is 8.67. The van der Waals surface area contributed by atoms with Crippen LogP contribution >= 0.6 is 23.4 Å². The van der Waals surface area contributed by atoms with Gasteiger partial charge in [-0.05, 0) is 81.2 Å². The van der Waals surface area contributed by atoms with Crippen molar-refractivity contribution in [2.45, 2.75) is 19.8 Å². The summed E-state index contributed by atoms with van der Waals surface area (Å²) in [4.78, 5) is 2.10. The van der Waals surface area contributed by atoms with Crippen LogP contribution in [0.5, 0.6) is 0 Å². The summed E-state index contributed by atoms with van der Waals surface area (Å²) >= 11 is 0. The maximum Gasteiger partial charge on any atom is 0.148 e. The summed E-state index contributed by atoms with van der Waals surface area (Å²) in [5.41, 5.74) is 2.30. The fraction of sp³-hybridized carbons (Fsp3) is 0.368. The molecule has 0 saturated carbocycles. The van der Waals surface area contributed by atoms with Crippen LogP contribution in [0.4, 0.5) is 21.5 Å². The molecular weight excluding hydrogens is 389 g/mol. The Balaban J connectivity index is 0.00000261. The third-order valence-corrected chi connectivity index (χ3v) is 6.30. The van der Waals surface area contributed by atoms with E-state index in [9.17, 15) is 13.5 Å². The lowest BCUT2D eigenvalue weighted by Gasteiger charge is -2.44. The Bertz CT molecular complexity index is 791. The minimum Gasteiger partial charge on any atom is -0.309 e. The summed E-state index contributed by atoms with van der Waals surface area (Å²) in [6, 6.07) is 12.1. The van der Waals surface area contributed by atoms with Crippen LogP contribution in [-0.4, -0.2) is 41.2 Å². The first-order valence-corrected chi connectivity index (χ1v) is 10.1. The number of aryl methyl sites for hydroxylation is 1. The van der Waals surface area contributed by atoms with Gasteiger partial charge in [0.2, 0.25) is 0 Å². The van der Waals surface area contributed by atoms with Crippen molar-refractivity contribution in [1.82, 2.24) is 4.90 Å². The zero-order valence-electron chi connectivity index (χ0n) is 15.8. The lowest BCUT2D eigenvalue weighted by molar-refractivity contribution is 0.395. The van der Waals surface area contributed by atoms with E-state index in [0.29, 0.717) is 12.2 Å². The highest BCUT2D eigenvalue weighted by Crippen LogP contribution is 2.64. The molecular formula is C19H27ClFN3O2S. The van der Waals surface area contributed by atoms with Crippen molar-refractivity contribution in [3.05, 3.63) is 53.8 Å². The van der Waals surface area contributed by atoms with Gasteiger partial charge in [-0.25, -0.2) is 8.70 Å². The fourth-order valence-electron chi connectivity index (χ4n) is 3.17. The van der Waals surface area contributed by atoms with Crippen molar-refractivity contribution in [3.63, 3.8) is 0 Å². The van der Waals surface area contributed by atoms with Crippen molar-refractivity contribution in [3.8, 4) is 0 Å². The summed E-state index contributed by atoms with van der Waals surface area (Å²) in [7, 11) is 0.666. The fourth-order valence-corrected chi connectivity index (χ4v) is 4.99. The number of rotatable bonds is 6. The van der Waals surface area contributed by atoms with Crippen LogP contribution in [-0.2, 0) is 0 Å². The number of anilines is 3. The average Bonchev–Trinajstić information content (AvgIpc) is 2.79. The molecule has 0 aliphatic carbocycles. The van der Waals surface area contributed by atoms with Crippen molar-refractivity contribution in [2.75, 3.05) is 35.8 Å². The van der Waals surface area contributed by atoms with E-state index in [1.807, 2.05) is 32.3 Å². The molecule has 8 heteroatoms. The number of halogens is 2. The minimum atomic E-state index is -3.36. The Kier molecular flexibility index (Phi) is 6.99. The van der Waals surface area contributed by atoms with E-state index in [0.717, 1.165) is 30.6 Å². The maximum atomic E-state index is 14.6. The van der Waals surface area contributed by atoms with Gasteiger partial charge in [-0.1, -0.05) is 18.2 Å². The molecule has 5 nitrogen and oxygen atoms in total. The highest BCUT2D eigenvalue weighted by atomic mass is 35.5. The highest BCUT2D eigenvalue weighted by molar-refractivity contribution is 8.27. The molecule has 0 saturated heterocycles. The number of hydrogen-bond donors (Lipinski definition) is 2. The molecule has 1 heterocycles. The van der Waals surface area contributed by atoms with E-state index in [1.54, 1.807) is 29.4 Å². The summed E-state index contributed by atoms with van der Waals surface area (Å²) < 4.78 is 39.5. The van der Waals surface area contributed by atoms with Crippen molar-refractivity contribution in [1.29, 1.82) is 0 Å². The first-order valence-electron chi connectivity index (χ1n) is 8.68. The van der Waals surface area contributed by atoms with Gasteiger partial charge in [0.1, 0.15) is 11.5 Å². The number of para-hydroxylation sites is 2. The van der Waals surface area contributed by atoms with Gasteiger partial charge in [-0.3, -0.25) is 13.4 Å². The van der Waals surface area contributed by atoms with Gasteiger partial charge >= 0.3 is 0 Å². The lowest BCUT2D eigenvalue weighted by Crippen LogP contribution is -2.32. The van der Waals surface area contributed by atoms with Crippen molar-refractivity contribution < 1.29 is 13.5 Å². The van der Waals surface area contributed by atoms with E-state index < -0.39 is 16.8 Å². The highest BCUT2D eigenvalue weighted by Gasteiger charge is 2.42. The van der Waals surface area contributed by atoms with Gasteiger partial charge < -0.3 is 4.90 Å². The molecule has 1 aliphatic rings. The van der Waals surface area contributed by atoms with E-state index in [1.165, 1.54) is 10.4 Å². The standard InChI is InChI=1S/C19H26FN3O2S.ClH/c1-15-10-11-17(16(20)14-15)23-19-9-5-4-8-18(19)22(26(23,24)25)13-7-6-12-21(2)3;/h4-5,8-11,14,24-25H,6-7,12-13H2,1-3H3;1H. The van der Waals surface area contributed by atoms with Gasteiger partial charge in [-0.2, -0.15) is 0 Å². The maximum absolute atomic E-state index is 14.6. The number of unbranched alkanes of at least 4 members (excludes halogenated alkanes) is 1. The van der Waals surface area contributed by atoms with Crippen molar-refractivity contribution >= 4 is 40.4 Å². The molecule has 2 aromatic rings. The Morgan fingerprint density at radius 3 is 2.30 bits per heavy atom.